The fraction of sp³-hybridized carbons (Fsp3) is 0.706. The van der Waals surface area contributed by atoms with Gasteiger partial charge in [-0.2, -0.15) is 0 Å². The Kier molecular flexibility index (Phi) is 7.00. The zero-order valence-electron chi connectivity index (χ0n) is 14.0. The van der Waals surface area contributed by atoms with Crippen molar-refractivity contribution >= 4 is 5.69 Å². The maximum atomic E-state index is 4.65. The predicted molar refractivity (Wildman–Crippen MR) is 88.2 cm³/mol. The Morgan fingerprint density at radius 1 is 1.10 bits per heavy atom. The van der Waals surface area contributed by atoms with E-state index in [0.29, 0.717) is 17.9 Å². The number of pyridine rings is 1. The molecule has 1 aromatic rings. The summed E-state index contributed by atoms with van der Waals surface area (Å²) in [6.45, 7) is 13.4. The zero-order valence-corrected chi connectivity index (χ0v) is 14.0. The van der Waals surface area contributed by atoms with Crippen LogP contribution in [0.15, 0.2) is 18.3 Å². The highest BCUT2D eigenvalue weighted by Crippen LogP contribution is 2.20. The zero-order chi connectivity index (χ0) is 15.1. The van der Waals surface area contributed by atoms with Gasteiger partial charge in [0, 0.05) is 19.1 Å². The summed E-state index contributed by atoms with van der Waals surface area (Å²) in [5, 5.41) is 3.31. The van der Waals surface area contributed by atoms with Crippen molar-refractivity contribution in [3.8, 4) is 0 Å². The van der Waals surface area contributed by atoms with Crippen LogP contribution in [-0.2, 0) is 0 Å². The average molecular weight is 277 g/mol. The normalized spacial score (nSPS) is 13.0. The molecule has 0 fully saturated rings. The molecule has 3 heteroatoms. The van der Waals surface area contributed by atoms with Gasteiger partial charge in [0.1, 0.15) is 0 Å². The van der Waals surface area contributed by atoms with Gasteiger partial charge in [0.25, 0.3) is 0 Å². The van der Waals surface area contributed by atoms with E-state index in [9.17, 15) is 0 Å². The molecule has 1 heterocycles. The number of nitrogens with one attached hydrogen (secondary N) is 1. The fourth-order valence-electron chi connectivity index (χ4n) is 2.52. The standard InChI is InChI=1S/C17H31N3/c1-7-16(18-6)17-9-8-15(10-19-17)20(11-13(2)3)12-14(4)5/h8-10,13-14,16,18H,7,11-12H2,1-6H3. The summed E-state index contributed by atoms with van der Waals surface area (Å²) in [6.07, 6.45) is 3.09. The summed E-state index contributed by atoms with van der Waals surface area (Å²) in [7, 11) is 1.99. The Morgan fingerprint density at radius 3 is 2.05 bits per heavy atom. The molecule has 0 bridgehead atoms. The number of anilines is 1. The quantitative estimate of drug-likeness (QED) is 0.782. The lowest BCUT2D eigenvalue weighted by Gasteiger charge is -2.28. The maximum absolute atomic E-state index is 4.65. The first-order valence-corrected chi connectivity index (χ1v) is 7.86. The van der Waals surface area contributed by atoms with E-state index in [4.69, 9.17) is 0 Å². The Balaban J connectivity index is 2.86. The highest BCUT2D eigenvalue weighted by atomic mass is 15.1. The number of hydrogen-bond donors (Lipinski definition) is 1. The summed E-state index contributed by atoms with van der Waals surface area (Å²) < 4.78 is 0. The Labute approximate surface area is 124 Å². The van der Waals surface area contributed by atoms with Gasteiger partial charge in [0.15, 0.2) is 0 Å². The molecule has 0 aliphatic rings. The topological polar surface area (TPSA) is 28.2 Å². The highest BCUT2D eigenvalue weighted by molar-refractivity contribution is 5.45. The van der Waals surface area contributed by atoms with Gasteiger partial charge in [-0.15, -0.1) is 0 Å². The Morgan fingerprint density at radius 2 is 1.70 bits per heavy atom. The molecule has 1 rings (SSSR count). The third kappa shape index (κ3) is 5.12. The first-order valence-electron chi connectivity index (χ1n) is 7.86. The fourth-order valence-corrected chi connectivity index (χ4v) is 2.52. The third-order valence-corrected chi connectivity index (χ3v) is 3.42. The van der Waals surface area contributed by atoms with E-state index in [1.165, 1.54) is 5.69 Å². The van der Waals surface area contributed by atoms with Gasteiger partial charge < -0.3 is 10.2 Å². The third-order valence-electron chi connectivity index (χ3n) is 3.42. The molecule has 0 saturated carbocycles. The molecule has 1 unspecified atom stereocenters. The molecule has 0 spiro atoms. The van der Waals surface area contributed by atoms with Gasteiger partial charge in [-0.25, -0.2) is 0 Å². The molecule has 1 N–H and O–H groups in total. The van der Waals surface area contributed by atoms with E-state index in [1.54, 1.807) is 0 Å². The molecule has 0 aromatic carbocycles. The highest BCUT2D eigenvalue weighted by Gasteiger charge is 2.13. The molecule has 114 valence electrons. The van der Waals surface area contributed by atoms with Crippen LogP contribution in [0.5, 0.6) is 0 Å². The monoisotopic (exact) mass is 277 g/mol. The van der Waals surface area contributed by atoms with Gasteiger partial charge in [0.05, 0.1) is 17.6 Å². The van der Waals surface area contributed by atoms with E-state index in [2.05, 4.69) is 62.0 Å². The van der Waals surface area contributed by atoms with E-state index >= 15 is 0 Å². The Hall–Kier alpha value is -1.09. The maximum Gasteiger partial charge on any atom is 0.0574 e. The van der Waals surface area contributed by atoms with Crippen molar-refractivity contribution in [2.24, 2.45) is 11.8 Å². The van der Waals surface area contributed by atoms with Gasteiger partial charge in [0.2, 0.25) is 0 Å². The van der Waals surface area contributed by atoms with Crippen LogP contribution in [0.1, 0.15) is 52.8 Å². The summed E-state index contributed by atoms with van der Waals surface area (Å²) in [5.41, 5.74) is 2.37. The van der Waals surface area contributed by atoms with E-state index in [-0.39, 0.29) is 0 Å². The molecule has 1 atom stereocenters. The van der Waals surface area contributed by atoms with Crippen molar-refractivity contribution in [3.05, 3.63) is 24.0 Å². The van der Waals surface area contributed by atoms with Crippen molar-refractivity contribution in [3.63, 3.8) is 0 Å². The van der Waals surface area contributed by atoms with Crippen LogP contribution in [0.3, 0.4) is 0 Å². The van der Waals surface area contributed by atoms with Crippen molar-refractivity contribution in [2.45, 2.75) is 47.1 Å². The lowest BCUT2D eigenvalue weighted by atomic mass is 10.1. The average Bonchev–Trinajstić information content (AvgIpc) is 2.39. The van der Waals surface area contributed by atoms with Crippen LogP contribution in [0, 0.1) is 11.8 Å². The first kappa shape index (κ1) is 17.0. The number of hydrogen-bond acceptors (Lipinski definition) is 3. The smallest absolute Gasteiger partial charge is 0.0574 e. The molecule has 0 amide bonds. The van der Waals surface area contributed by atoms with E-state index in [0.717, 1.165) is 25.2 Å². The van der Waals surface area contributed by atoms with E-state index < -0.39 is 0 Å². The van der Waals surface area contributed by atoms with Gasteiger partial charge in [-0.3, -0.25) is 4.98 Å². The van der Waals surface area contributed by atoms with Crippen molar-refractivity contribution < 1.29 is 0 Å². The molecular weight excluding hydrogens is 246 g/mol. The minimum absolute atomic E-state index is 0.354. The minimum atomic E-state index is 0.354. The molecule has 0 aliphatic heterocycles. The van der Waals surface area contributed by atoms with Crippen LogP contribution < -0.4 is 10.2 Å². The number of aromatic nitrogens is 1. The summed E-state index contributed by atoms with van der Waals surface area (Å²) >= 11 is 0. The van der Waals surface area contributed by atoms with Crippen LogP contribution >= 0.6 is 0 Å². The second-order valence-corrected chi connectivity index (χ2v) is 6.38. The van der Waals surface area contributed by atoms with Crippen molar-refractivity contribution in [2.75, 3.05) is 25.0 Å². The lowest BCUT2D eigenvalue weighted by Crippen LogP contribution is -2.31. The lowest BCUT2D eigenvalue weighted by molar-refractivity contribution is 0.548. The molecule has 0 aliphatic carbocycles. The summed E-state index contributed by atoms with van der Waals surface area (Å²) in [4.78, 5) is 7.10. The second kappa shape index (κ2) is 8.25. The van der Waals surface area contributed by atoms with Gasteiger partial charge >= 0.3 is 0 Å². The summed E-state index contributed by atoms with van der Waals surface area (Å²) in [5.74, 6) is 1.32. The van der Waals surface area contributed by atoms with Crippen LogP contribution in [0.2, 0.25) is 0 Å². The van der Waals surface area contributed by atoms with Crippen molar-refractivity contribution in [1.29, 1.82) is 0 Å². The number of nitrogens with zero attached hydrogens (tertiary/aromatic N) is 2. The molecule has 3 nitrogen and oxygen atoms in total. The molecular formula is C17H31N3. The molecule has 0 saturated heterocycles. The van der Waals surface area contributed by atoms with Crippen molar-refractivity contribution in [1.82, 2.24) is 10.3 Å². The van der Waals surface area contributed by atoms with Crippen LogP contribution in [-0.4, -0.2) is 25.1 Å². The molecule has 0 radical (unpaired) electrons. The van der Waals surface area contributed by atoms with Crippen LogP contribution in [0.4, 0.5) is 5.69 Å². The van der Waals surface area contributed by atoms with E-state index in [1.807, 2.05) is 13.2 Å². The molecule has 20 heavy (non-hydrogen) atoms. The summed E-state index contributed by atoms with van der Waals surface area (Å²) in [6, 6.07) is 4.73. The van der Waals surface area contributed by atoms with Gasteiger partial charge in [-0.1, -0.05) is 34.6 Å². The first-order chi connectivity index (χ1) is 9.47. The minimum Gasteiger partial charge on any atom is -0.370 e. The van der Waals surface area contributed by atoms with Gasteiger partial charge in [-0.05, 0) is 37.4 Å². The number of rotatable bonds is 8. The van der Waals surface area contributed by atoms with Crippen LogP contribution in [0.25, 0.3) is 0 Å². The largest absolute Gasteiger partial charge is 0.370 e. The SMILES string of the molecule is CCC(NC)c1ccc(N(CC(C)C)CC(C)C)cn1. The second-order valence-electron chi connectivity index (χ2n) is 6.38. The predicted octanol–water partition coefficient (Wildman–Crippen LogP) is 3.87. The molecule has 1 aromatic heterocycles. The Bertz CT molecular complexity index is 356.